The molecule has 0 radical (unpaired) electrons. The van der Waals surface area contributed by atoms with Gasteiger partial charge in [-0.1, -0.05) is 20.8 Å². The van der Waals surface area contributed by atoms with Crippen molar-refractivity contribution in [1.82, 2.24) is 5.32 Å². The van der Waals surface area contributed by atoms with Crippen LogP contribution in [0.5, 0.6) is 0 Å². The molecule has 0 fully saturated rings. The molecule has 1 rings (SSSR count). The van der Waals surface area contributed by atoms with Crippen molar-refractivity contribution in [1.29, 1.82) is 0 Å². The monoisotopic (exact) mass is 299 g/mol. The van der Waals surface area contributed by atoms with Crippen LogP contribution in [0.1, 0.15) is 40.0 Å². The average Bonchev–Trinajstić information content (AvgIpc) is 2.24. The van der Waals surface area contributed by atoms with Crippen molar-refractivity contribution in [3.8, 4) is 0 Å². The van der Waals surface area contributed by atoms with Crippen molar-refractivity contribution in [2.45, 2.75) is 64.6 Å². The van der Waals surface area contributed by atoms with Gasteiger partial charge < -0.3 is 15.5 Å². The van der Waals surface area contributed by atoms with Crippen molar-refractivity contribution >= 4 is 0 Å². The van der Waals surface area contributed by atoms with Crippen molar-refractivity contribution in [3.05, 3.63) is 11.4 Å². The van der Waals surface area contributed by atoms with Crippen LogP contribution in [0.4, 0.5) is 17.6 Å². The van der Waals surface area contributed by atoms with Crippen LogP contribution in [0.25, 0.3) is 0 Å². The van der Waals surface area contributed by atoms with E-state index in [0.717, 1.165) is 0 Å². The van der Waals surface area contributed by atoms with Gasteiger partial charge in [0, 0.05) is 12.5 Å². The largest absolute Gasteiger partial charge is 0.415 e. The molecule has 20 heavy (non-hydrogen) atoms. The number of hydrogen-bond acceptors (Lipinski definition) is 3. The smallest absolute Gasteiger partial charge is 0.367 e. The Kier molecular flexibility index (Phi) is 5.21. The summed E-state index contributed by atoms with van der Waals surface area (Å²) < 4.78 is 51.3. The minimum absolute atomic E-state index is 0.199. The summed E-state index contributed by atoms with van der Waals surface area (Å²) in [6.07, 6.45) is -6.95. The summed E-state index contributed by atoms with van der Waals surface area (Å²) in [5.74, 6) is -1.12. The second kappa shape index (κ2) is 5.99. The van der Waals surface area contributed by atoms with Crippen LogP contribution in [0.2, 0.25) is 0 Å². The Bertz CT molecular complexity index is 372. The van der Waals surface area contributed by atoms with E-state index in [-0.39, 0.29) is 12.8 Å². The number of halogens is 4. The van der Waals surface area contributed by atoms with E-state index in [4.69, 9.17) is 0 Å². The van der Waals surface area contributed by atoms with Gasteiger partial charge in [-0.2, -0.15) is 13.2 Å². The standard InChI is InChI=1S/C13H21F4NO2/c1-12(2,3)10(11(19)20)18-7-4-5-9(14)8(6-7)13(15,16)17/h7,10-11,18-20H,4-6H2,1-3H3. The highest BCUT2D eigenvalue weighted by Gasteiger charge is 2.41. The van der Waals surface area contributed by atoms with Gasteiger partial charge >= 0.3 is 6.18 Å². The molecule has 0 heterocycles. The van der Waals surface area contributed by atoms with E-state index in [1.165, 1.54) is 0 Å². The Hall–Kier alpha value is -0.660. The molecule has 0 amide bonds. The molecule has 0 bridgehead atoms. The van der Waals surface area contributed by atoms with Crippen molar-refractivity contribution in [3.63, 3.8) is 0 Å². The second-order valence-corrected chi connectivity index (χ2v) is 6.24. The summed E-state index contributed by atoms with van der Waals surface area (Å²) >= 11 is 0. The van der Waals surface area contributed by atoms with Gasteiger partial charge in [-0.15, -0.1) is 0 Å². The predicted octanol–water partition coefficient (Wildman–Crippen LogP) is 2.64. The lowest BCUT2D eigenvalue weighted by Gasteiger charge is -2.37. The zero-order chi connectivity index (χ0) is 15.7. The molecular weight excluding hydrogens is 278 g/mol. The molecule has 0 aliphatic heterocycles. The third-order valence-corrected chi connectivity index (χ3v) is 3.48. The van der Waals surface area contributed by atoms with Crippen LogP contribution in [-0.2, 0) is 0 Å². The normalized spacial score (nSPS) is 23.4. The van der Waals surface area contributed by atoms with E-state index in [1.807, 2.05) is 0 Å². The minimum Gasteiger partial charge on any atom is -0.367 e. The van der Waals surface area contributed by atoms with Crippen molar-refractivity contribution in [2.75, 3.05) is 0 Å². The Morgan fingerprint density at radius 1 is 1.20 bits per heavy atom. The van der Waals surface area contributed by atoms with Crippen LogP contribution in [-0.4, -0.2) is 34.8 Å². The van der Waals surface area contributed by atoms with Gasteiger partial charge in [0.15, 0.2) is 6.29 Å². The highest BCUT2D eigenvalue weighted by molar-refractivity contribution is 5.19. The van der Waals surface area contributed by atoms with Crippen molar-refractivity contribution < 1.29 is 27.8 Å². The van der Waals surface area contributed by atoms with Crippen LogP contribution in [0.15, 0.2) is 11.4 Å². The number of nitrogens with one attached hydrogen (secondary N) is 1. The molecule has 2 unspecified atom stereocenters. The molecule has 3 N–H and O–H groups in total. The summed E-state index contributed by atoms with van der Waals surface area (Å²) in [4.78, 5) is 0. The van der Waals surface area contributed by atoms with Crippen LogP contribution >= 0.6 is 0 Å². The molecule has 0 aromatic rings. The summed E-state index contributed by atoms with van der Waals surface area (Å²) in [6, 6.07) is -1.42. The number of rotatable bonds is 3. The zero-order valence-corrected chi connectivity index (χ0v) is 11.8. The highest BCUT2D eigenvalue weighted by atomic mass is 19.4. The molecule has 1 aliphatic rings. The molecule has 0 aromatic carbocycles. The first-order valence-corrected chi connectivity index (χ1v) is 6.50. The van der Waals surface area contributed by atoms with E-state index < -0.39 is 47.8 Å². The third kappa shape index (κ3) is 4.43. The van der Waals surface area contributed by atoms with Gasteiger partial charge in [-0.25, -0.2) is 4.39 Å². The highest BCUT2D eigenvalue weighted by Crippen LogP contribution is 2.38. The molecule has 7 heteroatoms. The topological polar surface area (TPSA) is 52.5 Å². The molecular formula is C13H21F4NO2. The number of alkyl halides is 3. The third-order valence-electron chi connectivity index (χ3n) is 3.48. The van der Waals surface area contributed by atoms with Crippen LogP contribution in [0, 0.1) is 5.41 Å². The molecule has 1 aliphatic carbocycles. The maximum absolute atomic E-state index is 13.3. The molecule has 3 nitrogen and oxygen atoms in total. The SMILES string of the molecule is CC(C)(C)C(NC1CCC(F)=C(C(F)(F)F)C1)C(O)O. The Morgan fingerprint density at radius 2 is 1.75 bits per heavy atom. The predicted molar refractivity (Wildman–Crippen MR) is 66.4 cm³/mol. The maximum atomic E-state index is 13.3. The number of aliphatic hydroxyl groups is 2. The zero-order valence-electron chi connectivity index (χ0n) is 11.8. The summed E-state index contributed by atoms with van der Waals surface area (Å²) in [5, 5.41) is 21.5. The average molecular weight is 299 g/mol. The minimum atomic E-state index is -4.68. The lowest BCUT2D eigenvalue weighted by molar-refractivity contribution is -0.103. The van der Waals surface area contributed by atoms with E-state index in [0.29, 0.717) is 0 Å². The molecule has 0 spiro atoms. The van der Waals surface area contributed by atoms with Crippen LogP contribution < -0.4 is 5.32 Å². The first-order valence-electron chi connectivity index (χ1n) is 6.50. The summed E-state index contributed by atoms with van der Waals surface area (Å²) in [5.41, 5.74) is -1.70. The second-order valence-electron chi connectivity index (χ2n) is 6.24. The van der Waals surface area contributed by atoms with Crippen LogP contribution in [0.3, 0.4) is 0 Å². The van der Waals surface area contributed by atoms with Gasteiger partial charge in [0.25, 0.3) is 0 Å². The molecule has 0 saturated heterocycles. The quantitative estimate of drug-likeness (QED) is 0.555. The fraction of sp³-hybridized carbons (Fsp3) is 0.846. The number of allylic oxidation sites excluding steroid dienone is 1. The molecule has 118 valence electrons. The Labute approximate surface area is 115 Å². The molecule has 0 aromatic heterocycles. The van der Waals surface area contributed by atoms with Gasteiger partial charge in [0.1, 0.15) is 5.83 Å². The van der Waals surface area contributed by atoms with E-state index in [9.17, 15) is 27.8 Å². The lowest BCUT2D eigenvalue weighted by Crippen LogP contribution is -2.53. The lowest BCUT2D eigenvalue weighted by atomic mass is 9.84. The Balaban J connectivity index is 2.81. The Morgan fingerprint density at radius 3 is 2.15 bits per heavy atom. The number of hydrogen-bond donors (Lipinski definition) is 3. The van der Waals surface area contributed by atoms with Gasteiger partial charge in [-0.3, -0.25) is 0 Å². The van der Waals surface area contributed by atoms with E-state index >= 15 is 0 Å². The van der Waals surface area contributed by atoms with Gasteiger partial charge in [0.2, 0.25) is 0 Å². The summed E-state index contributed by atoms with van der Waals surface area (Å²) in [6.45, 7) is 5.23. The maximum Gasteiger partial charge on any atom is 0.415 e. The fourth-order valence-electron chi connectivity index (χ4n) is 2.36. The van der Waals surface area contributed by atoms with Gasteiger partial charge in [-0.05, 0) is 18.3 Å². The molecule has 0 saturated carbocycles. The van der Waals surface area contributed by atoms with Crippen molar-refractivity contribution in [2.24, 2.45) is 5.41 Å². The number of aliphatic hydroxyl groups excluding tert-OH is 1. The molecule has 2 atom stereocenters. The fourth-order valence-corrected chi connectivity index (χ4v) is 2.36. The van der Waals surface area contributed by atoms with E-state index in [1.54, 1.807) is 20.8 Å². The first kappa shape index (κ1) is 17.4. The van der Waals surface area contributed by atoms with E-state index in [2.05, 4.69) is 5.32 Å². The van der Waals surface area contributed by atoms with Gasteiger partial charge in [0.05, 0.1) is 11.6 Å². The summed E-state index contributed by atoms with van der Waals surface area (Å²) in [7, 11) is 0. The first-order chi connectivity index (χ1) is 8.93.